The second kappa shape index (κ2) is 26.7. The Morgan fingerprint density at radius 1 is 0.227 bits per heavy atom. The quantitative estimate of drug-likeness (QED) is 0.119. The summed E-state index contributed by atoms with van der Waals surface area (Å²) in [6.07, 6.45) is 0. The van der Waals surface area contributed by atoms with Crippen LogP contribution < -0.4 is 26.2 Å². The van der Waals surface area contributed by atoms with Gasteiger partial charge in [0.15, 0.2) is 0 Å². The van der Waals surface area contributed by atoms with Crippen molar-refractivity contribution in [1.29, 1.82) is 0 Å². The topological polar surface area (TPSA) is 6.48 Å². The fourth-order valence-electron chi connectivity index (χ4n) is 18.0. The van der Waals surface area contributed by atoms with Gasteiger partial charge in [0.05, 0.1) is 16.8 Å². The summed E-state index contributed by atoms with van der Waals surface area (Å²) < 4.78 is 0. The lowest BCUT2D eigenvalue weighted by Crippen LogP contribution is -2.61. The summed E-state index contributed by atoms with van der Waals surface area (Å²) >= 11 is 0. The summed E-state index contributed by atoms with van der Waals surface area (Å²) in [5.74, 6) is 0. The van der Waals surface area contributed by atoms with Crippen molar-refractivity contribution < 1.29 is 0 Å². The van der Waals surface area contributed by atoms with Gasteiger partial charge in [-0.1, -0.05) is 405 Å². The first-order chi connectivity index (χ1) is 53.1. The van der Waals surface area contributed by atoms with Gasteiger partial charge >= 0.3 is 0 Å². The van der Waals surface area contributed by atoms with Crippen molar-refractivity contribution >= 4 is 57.2 Å². The van der Waals surface area contributed by atoms with Crippen LogP contribution >= 0.6 is 0 Å². The number of hydrogen-bond acceptors (Lipinski definition) is 2. The number of hydrogen-bond donors (Lipinski definition) is 0. The number of para-hydroxylation sites is 2. The Labute approximate surface area is 652 Å². The lowest BCUT2D eigenvalue weighted by atomic mass is 9.33. The van der Waals surface area contributed by atoms with Gasteiger partial charge < -0.3 is 9.80 Å². The van der Waals surface area contributed by atoms with Crippen LogP contribution in [0.1, 0.15) is 128 Å². The Balaban J connectivity index is 1.06. The first-order valence-corrected chi connectivity index (χ1v) is 39.3. The highest BCUT2D eigenvalue weighted by Crippen LogP contribution is 2.61. The van der Waals surface area contributed by atoms with E-state index in [2.05, 4.69) is 439 Å². The molecule has 0 saturated heterocycles. The lowest BCUT2D eigenvalue weighted by molar-refractivity contribution is 0.568. The maximum atomic E-state index is 2.75. The first kappa shape index (κ1) is 69.7. The van der Waals surface area contributed by atoms with Crippen LogP contribution in [-0.4, -0.2) is 6.71 Å². The zero-order valence-corrected chi connectivity index (χ0v) is 65.4. The average molecular weight is 1420 g/mol. The molecule has 0 bridgehead atoms. The van der Waals surface area contributed by atoms with Crippen LogP contribution in [0, 0.1) is 0 Å². The third-order valence-electron chi connectivity index (χ3n) is 23.7. The summed E-state index contributed by atoms with van der Waals surface area (Å²) in [4.78, 5) is 5.47. The van der Waals surface area contributed by atoms with Crippen molar-refractivity contribution in [3.05, 3.63) is 390 Å². The minimum absolute atomic E-state index is 0.108. The standard InChI is InChI=1S/C107H93BN2/c1-103(2,3)81-60-76(61-82(68-81)104(4,5)6)74-57-59-95-94(64-74)108-93-58-56-75(77-62-83(105(7,8)9)69-84(63-77)106(10,11)12)65-96(93)110(102-88(72-40-23-15-24-41-72)52-35-53-89(102)73-42-25-16-26-43-73)98-67-78(66-97(100(98)108)109(95)101-86(70-36-19-13-20-37-70)50-34-51-87(101)71-38-21-14-22-39-71)85-49-33-54-91-90-48-31-32-55-92(90)107(99(85)91,79-44-27-17-28-45-79)80-46-29-18-30-47-80/h13-69H,1-12H3. The number of rotatable bonds is 11. The van der Waals surface area contributed by atoms with Crippen molar-refractivity contribution in [2.45, 2.75) is 110 Å². The van der Waals surface area contributed by atoms with Crippen molar-refractivity contribution in [3.8, 4) is 89.0 Å². The van der Waals surface area contributed by atoms with Crippen LogP contribution in [0.25, 0.3) is 89.0 Å². The predicted molar refractivity (Wildman–Crippen MR) is 471 cm³/mol. The highest BCUT2D eigenvalue weighted by atomic mass is 15.2. The Kier molecular flexibility index (Phi) is 16.9. The molecule has 0 spiro atoms. The maximum Gasteiger partial charge on any atom is 0.252 e. The molecular weight excluding hydrogens is 1320 g/mol. The third-order valence-corrected chi connectivity index (χ3v) is 23.7. The van der Waals surface area contributed by atoms with Crippen molar-refractivity contribution in [2.75, 3.05) is 9.80 Å². The van der Waals surface area contributed by atoms with E-state index in [9.17, 15) is 0 Å². The molecule has 0 radical (unpaired) electrons. The smallest absolute Gasteiger partial charge is 0.252 e. The Bertz CT molecular complexity index is 5830. The number of nitrogens with zero attached hydrogens (tertiary/aromatic N) is 2. The molecule has 110 heavy (non-hydrogen) atoms. The van der Waals surface area contributed by atoms with Crippen LogP contribution in [0.3, 0.4) is 0 Å². The van der Waals surface area contributed by atoms with E-state index in [1.54, 1.807) is 0 Å². The van der Waals surface area contributed by atoms with Gasteiger partial charge in [-0.2, -0.15) is 0 Å². The van der Waals surface area contributed by atoms with Crippen molar-refractivity contribution in [1.82, 2.24) is 0 Å². The molecule has 15 aromatic carbocycles. The summed E-state index contributed by atoms with van der Waals surface area (Å²) in [7, 11) is 0. The van der Waals surface area contributed by atoms with E-state index >= 15 is 0 Å². The first-order valence-electron chi connectivity index (χ1n) is 39.3. The van der Waals surface area contributed by atoms with E-state index in [-0.39, 0.29) is 28.4 Å². The molecule has 0 saturated carbocycles. The molecule has 18 rings (SSSR count). The fraction of sp³-hybridized carbons (Fsp3) is 0.159. The summed E-state index contributed by atoms with van der Waals surface area (Å²) in [6, 6.07) is 133. The molecular formula is C107H93BN2. The van der Waals surface area contributed by atoms with Crippen LogP contribution in [0.15, 0.2) is 346 Å². The van der Waals surface area contributed by atoms with Crippen molar-refractivity contribution in [2.24, 2.45) is 0 Å². The zero-order valence-electron chi connectivity index (χ0n) is 65.4. The molecule has 0 atom stereocenters. The van der Waals surface area contributed by atoms with Gasteiger partial charge in [0.1, 0.15) is 0 Å². The number of anilines is 6. The maximum absolute atomic E-state index is 2.75. The molecule has 0 N–H and O–H groups in total. The molecule has 534 valence electrons. The van der Waals surface area contributed by atoms with E-state index in [4.69, 9.17) is 0 Å². The average Bonchev–Trinajstić information content (AvgIpc) is 1.07. The van der Waals surface area contributed by atoms with E-state index in [0.29, 0.717) is 0 Å². The minimum atomic E-state index is -0.726. The van der Waals surface area contributed by atoms with E-state index < -0.39 is 5.41 Å². The Hall–Kier alpha value is -12.0. The molecule has 3 heteroatoms. The van der Waals surface area contributed by atoms with Gasteiger partial charge in [0.25, 0.3) is 6.71 Å². The van der Waals surface area contributed by atoms with Crippen LogP contribution in [-0.2, 0) is 27.1 Å². The highest BCUT2D eigenvalue weighted by Gasteiger charge is 2.50. The molecule has 0 amide bonds. The molecule has 2 heterocycles. The van der Waals surface area contributed by atoms with Gasteiger partial charge in [-0.05, 0) is 174 Å². The lowest BCUT2D eigenvalue weighted by Gasteiger charge is -2.46. The second-order valence-electron chi connectivity index (χ2n) is 34.8. The zero-order chi connectivity index (χ0) is 75.6. The molecule has 0 aromatic heterocycles. The van der Waals surface area contributed by atoms with Crippen LogP contribution in [0.4, 0.5) is 34.1 Å². The van der Waals surface area contributed by atoms with Gasteiger partial charge in [-0.3, -0.25) is 0 Å². The highest BCUT2D eigenvalue weighted by molar-refractivity contribution is 7.00. The molecule has 0 fully saturated rings. The summed E-state index contributed by atoms with van der Waals surface area (Å²) in [5.41, 5.74) is 38.2. The molecule has 2 aliphatic heterocycles. The van der Waals surface area contributed by atoms with E-state index in [1.807, 2.05) is 0 Å². The van der Waals surface area contributed by atoms with E-state index in [0.717, 1.165) is 84.2 Å². The van der Waals surface area contributed by atoms with Gasteiger partial charge in [-0.25, -0.2) is 0 Å². The van der Waals surface area contributed by atoms with E-state index in [1.165, 1.54) is 99.8 Å². The SMILES string of the molecule is CC(C)(C)c1cc(-c2ccc3c(c2)B2c4ccc(-c5cc(C(C)(C)C)cc(C(C)(C)C)c5)cc4N(c4c(-c5ccccc5)cccc4-c4ccccc4)c4cc(-c5cccc6c5C(c5ccccc5)(c5ccccc5)c5ccccc5-6)cc(c42)N3c2c(-c3ccccc3)cccc2-c2ccccc2)cc(C(C)(C)C)c1. The molecule has 15 aromatic rings. The summed E-state index contributed by atoms with van der Waals surface area (Å²) in [5, 5.41) is 0. The Morgan fingerprint density at radius 2 is 0.564 bits per heavy atom. The fourth-order valence-corrected chi connectivity index (χ4v) is 18.0. The normalized spacial score (nSPS) is 13.5. The minimum Gasteiger partial charge on any atom is -0.310 e. The second-order valence-corrected chi connectivity index (χ2v) is 34.8. The number of benzene rings is 15. The van der Waals surface area contributed by atoms with Crippen LogP contribution in [0.5, 0.6) is 0 Å². The predicted octanol–water partition coefficient (Wildman–Crippen LogP) is 27.0. The van der Waals surface area contributed by atoms with Gasteiger partial charge in [0, 0.05) is 45.0 Å². The number of fused-ring (bicyclic) bond motifs is 7. The monoisotopic (exact) mass is 1420 g/mol. The molecule has 1 aliphatic carbocycles. The van der Waals surface area contributed by atoms with Crippen LogP contribution in [0.2, 0.25) is 0 Å². The Morgan fingerprint density at radius 3 is 0.982 bits per heavy atom. The summed E-state index contributed by atoms with van der Waals surface area (Å²) in [6.45, 7) is 28.0. The molecule has 0 unspecified atom stereocenters. The van der Waals surface area contributed by atoms with Gasteiger partial charge in [0.2, 0.25) is 0 Å². The van der Waals surface area contributed by atoms with Crippen molar-refractivity contribution in [3.63, 3.8) is 0 Å². The molecule has 2 nitrogen and oxygen atoms in total. The van der Waals surface area contributed by atoms with Gasteiger partial charge in [-0.15, -0.1) is 0 Å². The third kappa shape index (κ3) is 11.8. The molecule has 3 aliphatic rings. The largest absolute Gasteiger partial charge is 0.310 e.